The number of carbonyl (C=O) groups is 2. The van der Waals surface area contributed by atoms with Crippen molar-refractivity contribution in [1.29, 1.82) is 0 Å². The Balaban J connectivity index is 2.57. The van der Waals surface area contributed by atoms with Gasteiger partial charge in [0, 0.05) is 26.8 Å². The van der Waals surface area contributed by atoms with Gasteiger partial charge in [0.15, 0.2) is 0 Å². The molecule has 1 fully saturated rings. The highest BCUT2D eigenvalue weighted by molar-refractivity contribution is 6.77. The number of carbonyl (C=O) groups excluding carboxylic acids is 1. The van der Waals surface area contributed by atoms with Gasteiger partial charge in [0.1, 0.15) is 0 Å². The quantitative estimate of drug-likeness (QED) is 0.682. The van der Waals surface area contributed by atoms with Crippen molar-refractivity contribution in [1.82, 2.24) is 10.2 Å². The summed E-state index contributed by atoms with van der Waals surface area (Å²) in [7, 11) is 0.0795. The maximum Gasteiger partial charge on any atom is 0.409 e. The van der Waals surface area contributed by atoms with E-state index in [0.717, 1.165) is 19.4 Å². The molecule has 7 nitrogen and oxygen atoms in total. The van der Waals surface area contributed by atoms with Crippen LogP contribution in [0.15, 0.2) is 0 Å². The number of likely N-dealkylation sites (N-methyl/N-ethyl adjacent to an activating group) is 1. The minimum atomic E-state index is -1.57. The van der Waals surface area contributed by atoms with E-state index in [9.17, 15) is 9.59 Å². The van der Waals surface area contributed by atoms with Gasteiger partial charge in [0.2, 0.25) is 0 Å². The van der Waals surface area contributed by atoms with E-state index in [4.69, 9.17) is 14.6 Å². The molecule has 8 heteroatoms. The molecule has 1 saturated heterocycles. The second kappa shape index (κ2) is 9.27. The van der Waals surface area contributed by atoms with Crippen LogP contribution < -0.4 is 5.32 Å². The van der Waals surface area contributed by atoms with Gasteiger partial charge in [-0.25, -0.2) is 9.59 Å². The summed E-state index contributed by atoms with van der Waals surface area (Å²) in [5.74, 6) is 0.320. The van der Waals surface area contributed by atoms with Gasteiger partial charge in [0.25, 0.3) is 0 Å². The molecule has 0 bridgehead atoms. The molecule has 0 spiro atoms. The van der Waals surface area contributed by atoms with Crippen molar-refractivity contribution in [3.8, 4) is 0 Å². The Kier molecular flexibility index (Phi) is 8.01. The molecule has 1 aliphatic heterocycles. The normalized spacial score (nSPS) is 20.8. The molecule has 2 amide bonds. The Morgan fingerprint density at radius 3 is 2.58 bits per heavy atom. The first-order valence-electron chi connectivity index (χ1n) is 8.58. The molecule has 0 aromatic carbocycles. The zero-order valence-corrected chi connectivity index (χ0v) is 16.5. The maximum atomic E-state index is 12.2. The first kappa shape index (κ1) is 20.8. The van der Waals surface area contributed by atoms with Crippen LogP contribution in [-0.4, -0.2) is 68.8 Å². The minimum absolute atomic E-state index is 0.0925. The van der Waals surface area contributed by atoms with Crippen LogP contribution in [0.25, 0.3) is 0 Å². The predicted octanol–water partition coefficient (Wildman–Crippen LogP) is 2.77. The molecule has 2 N–H and O–H groups in total. The van der Waals surface area contributed by atoms with Crippen LogP contribution in [0.5, 0.6) is 0 Å². The summed E-state index contributed by atoms with van der Waals surface area (Å²) in [5, 5.41) is 11.6. The summed E-state index contributed by atoms with van der Waals surface area (Å²) in [6.07, 6.45) is 1.21. The number of rotatable bonds is 7. The molecule has 0 aromatic rings. The third-order valence-corrected chi connectivity index (χ3v) is 7.06. The standard InChI is InChI=1S/C16H32N2O5Si/c1-12(24(3,4)5)23-16(21)18(2)10-14(17-15(19)20)9-13-7-6-8-22-11-13/h12-14,17H,6-11H2,1-5H3,(H,19,20)/t12-,13+,14?/m0/s1. The largest absolute Gasteiger partial charge is 0.465 e. The molecular weight excluding hydrogens is 328 g/mol. The lowest BCUT2D eigenvalue weighted by molar-refractivity contribution is 0.0449. The van der Waals surface area contributed by atoms with Gasteiger partial charge < -0.3 is 24.8 Å². The lowest BCUT2D eigenvalue weighted by atomic mass is 9.94. The van der Waals surface area contributed by atoms with Gasteiger partial charge in [-0.3, -0.25) is 0 Å². The molecule has 3 atom stereocenters. The second-order valence-corrected chi connectivity index (χ2v) is 13.3. The fraction of sp³-hybridized carbons (Fsp3) is 0.875. The van der Waals surface area contributed by atoms with E-state index < -0.39 is 20.3 Å². The second-order valence-electron chi connectivity index (χ2n) is 7.74. The Bertz CT molecular complexity index is 421. The van der Waals surface area contributed by atoms with Crippen molar-refractivity contribution in [2.45, 2.75) is 57.6 Å². The number of hydrogen-bond donors (Lipinski definition) is 2. The molecule has 140 valence electrons. The first-order valence-corrected chi connectivity index (χ1v) is 12.2. The number of amides is 2. The summed E-state index contributed by atoms with van der Waals surface area (Å²) in [6.45, 7) is 10.1. The highest BCUT2D eigenvalue weighted by Gasteiger charge is 2.29. The number of ether oxygens (including phenoxy) is 2. The monoisotopic (exact) mass is 360 g/mol. The van der Waals surface area contributed by atoms with Gasteiger partial charge in [-0.1, -0.05) is 19.6 Å². The Labute approximate surface area is 145 Å². The minimum Gasteiger partial charge on any atom is -0.465 e. The van der Waals surface area contributed by atoms with Crippen molar-refractivity contribution in [3.05, 3.63) is 0 Å². The van der Waals surface area contributed by atoms with Gasteiger partial charge in [0.05, 0.1) is 19.8 Å². The van der Waals surface area contributed by atoms with Crippen molar-refractivity contribution >= 4 is 20.3 Å². The summed E-state index contributed by atoms with van der Waals surface area (Å²) in [4.78, 5) is 24.7. The Hall–Kier alpha value is -1.28. The van der Waals surface area contributed by atoms with Gasteiger partial charge in [-0.15, -0.1) is 0 Å². The molecule has 0 radical (unpaired) electrons. The Morgan fingerprint density at radius 2 is 2.08 bits per heavy atom. The van der Waals surface area contributed by atoms with E-state index in [2.05, 4.69) is 25.0 Å². The predicted molar refractivity (Wildman–Crippen MR) is 95.0 cm³/mol. The first-order chi connectivity index (χ1) is 11.1. The fourth-order valence-corrected chi connectivity index (χ4v) is 3.03. The van der Waals surface area contributed by atoms with Crippen LogP contribution in [0.3, 0.4) is 0 Å². The number of nitrogens with zero attached hydrogens (tertiary/aromatic N) is 1. The average Bonchev–Trinajstić information content (AvgIpc) is 2.46. The molecule has 1 unspecified atom stereocenters. The molecule has 1 heterocycles. The lowest BCUT2D eigenvalue weighted by Crippen LogP contribution is -2.47. The number of carboxylic acid groups (broad SMARTS) is 1. The third-order valence-electron chi connectivity index (χ3n) is 4.50. The van der Waals surface area contributed by atoms with E-state index in [1.165, 1.54) is 4.90 Å². The van der Waals surface area contributed by atoms with Gasteiger partial charge >= 0.3 is 12.2 Å². The van der Waals surface area contributed by atoms with Crippen LogP contribution in [0.4, 0.5) is 9.59 Å². The fourth-order valence-electron chi connectivity index (χ4n) is 2.57. The van der Waals surface area contributed by atoms with Crippen LogP contribution in [0.1, 0.15) is 26.2 Å². The molecule has 0 aliphatic carbocycles. The highest BCUT2D eigenvalue weighted by atomic mass is 28.3. The highest BCUT2D eigenvalue weighted by Crippen LogP contribution is 2.19. The number of hydrogen-bond acceptors (Lipinski definition) is 4. The van der Waals surface area contributed by atoms with Crippen molar-refractivity contribution in [2.24, 2.45) is 5.92 Å². The molecule has 1 rings (SSSR count). The zero-order chi connectivity index (χ0) is 18.3. The van der Waals surface area contributed by atoms with Crippen molar-refractivity contribution < 1.29 is 24.2 Å². The van der Waals surface area contributed by atoms with E-state index in [1.54, 1.807) is 7.05 Å². The zero-order valence-electron chi connectivity index (χ0n) is 15.5. The average molecular weight is 361 g/mol. The van der Waals surface area contributed by atoms with Crippen LogP contribution in [0, 0.1) is 5.92 Å². The van der Waals surface area contributed by atoms with E-state index in [1.807, 2.05) is 6.92 Å². The molecule has 0 saturated carbocycles. The van der Waals surface area contributed by atoms with Crippen molar-refractivity contribution in [2.75, 3.05) is 26.8 Å². The lowest BCUT2D eigenvalue weighted by Gasteiger charge is -2.31. The summed E-state index contributed by atoms with van der Waals surface area (Å²) in [6, 6.07) is -0.325. The van der Waals surface area contributed by atoms with Crippen LogP contribution in [0.2, 0.25) is 19.6 Å². The molecular formula is C16H32N2O5Si. The van der Waals surface area contributed by atoms with E-state index >= 15 is 0 Å². The molecule has 1 aliphatic rings. The summed E-state index contributed by atoms with van der Waals surface area (Å²) < 4.78 is 11.0. The Morgan fingerprint density at radius 1 is 1.42 bits per heavy atom. The van der Waals surface area contributed by atoms with Gasteiger partial charge in [-0.05, 0) is 32.1 Å². The van der Waals surface area contributed by atoms with Crippen LogP contribution in [-0.2, 0) is 9.47 Å². The third kappa shape index (κ3) is 7.52. The van der Waals surface area contributed by atoms with Crippen LogP contribution >= 0.6 is 0 Å². The smallest absolute Gasteiger partial charge is 0.409 e. The van der Waals surface area contributed by atoms with E-state index in [0.29, 0.717) is 25.5 Å². The summed E-state index contributed by atoms with van der Waals surface area (Å²) in [5.41, 5.74) is -0.0925. The number of nitrogens with one attached hydrogen (secondary N) is 1. The summed E-state index contributed by atoms with van der Waals surface area (Å²) >= 11 is 0. The van der Waals surface area contributed by atoms with E-state index in [-0.39, 0.29) is 11.8 Å². The molecule has 0 aromatic heterocycles. The SMILES string of the molecule is C[C@@H](OC(=O)N(C)CC(C[C@H]1CCCOC1)NC(=O)O)[Si](C)(C)C. The maximum absolute atomic E-state index is 12.2. The molecule has 24 heavy (non-hydrogen) atoms. The topological polar surface area (TPSA) is 88.1 Å². The van der Waals surface area contributed by atoms with Crippen molar-refractivity contribution in [3.63, 3.8) is 0 Å². The van der Waals surface area contributed by atoms with Gasteiger partial charge in [-0.2, -0.15) is 0 Å².